The van der Waals surface area contributed by atoms with E-state index < -0.39 is 11.8 Å². The van der Waals surface area contributed by atoms with Gasteiger partial charge in [0.05, 0.1) is 6.08 Å². The van der Waals surface area contributed by atoms with Crippen molar-refractivity contribution in [1.29, 1.82) is 0 Å². The van der Waals surface area contributed by atoms with E-state index in [9.17, 15) is 4.79 Å². The topological polar surface area (TPSA) is 35.5 Å². The molecule has 2 aromatic rings. The molecular formula is C17H14O3. The summed E-state index contributed by atoms with van der Waals surface area (Å²) in [5.41, 5.74) is 1.65. The van der Waals surface area contributed by atoms with Gasteiger partial charge in [0.25, 0.3) is 5.79 Å². The van der Waals surface area contributed by atoms with Crippen molar-refractivity contribution in [2.75, 3.05) is 0 Å². The molecule has 3 rings (SSSR count). The first kappa shape index (κ1) is 12.5. The summed E-state index contributed by atoms with van der Waals surface area (Å²) in [6, 6.07) is 19.0. The van der Waals surface area contributed by atoms with Gasteiger partial charge in [-0.05, 0) is 0 Å². The second-order valence-corrected chi connectivity index (χ2v) is 4.71. The monoisotopic (exact) mass is 266 g/mol. The van der Waals surface area contributed by atoms with Gasteiger partial charge in [0, 0.05) is 18.1 Å². The zero-order valence-electron chi connectivity index (χ0n) is 11.1. The van der Waals surface area contributed by atoms with Crippen LogP contribution in [0.2, 0.25) is 0 Å². The van der Waals surface area contributed by atoms with Crippen LogP contribution in [-0.4, -0.2) is 5.97 Å². The Morgan fingerprint density at radius 3 is 2.10 bits per heavy atom. The number of cyclic esters (lactones) is 1. The van der Waals surface area contributed by atoms with Crippen LogP contribution in [0.3, 0.4) is 0 Å². The summed E-state index contributed by atoms with van der Waals surface area (Å²) in [4.78, 5) is 11.9. The highest BCUT2D eigenvalue weighted by Crippen LogP contribution is 2.36. The van der Waals surface area contributed by atoms with Crippen molar-refractivity contribution in [3.05, 3.63) is 77.9 Å². The Bertz CT molecular complexity index is 646. The highest BCUT2D eigenvalue weighted by atomic mass is 16.7. The molecule has 100 valence electrons. The molecule has 0 radical (unpaired) electrons. The van der Waals surface area contributed by atoms with Crippen LogP contribution in [0.15, 0.2) is 66.7 Å². The van der Waals surface area contributed by atoms with E-state index in [2.05, 4.69) is 0 Å². The van der Waals surface area contributed by atoms with Crippen LogP contribution in [0, 0.1) is 0 Å². The summed E-state index contributed by atoms with van der Waals surface area (Å²) in [5.74, 6) is -0.979. The first-order valence-corrected chi connectivity index (χ1v) is 6.42. The minimum atomic E-state index is -1.10. The Kier molecular flexibility index (Phi) is 3.03. The predicted molar refractivity (Wildman–Crippen MR) is 75.4 cm³/mol. The van der Waals surface area contributed by atoms with Crippen LogP contribution in [0.1, 0.15) is 18.1 Å². The van der Waals surface area contributed by atoms with E-state index in [-0.39, 0.29) is 0 Å². The Labute approximate surface area is 117 Å². The van der Waals surface area contributed by atoms with Gasteiger partial charge in [-0.1, -0.05) is 60.7 Å². The Morgan fingerprint density at radius 1 is 0.850 bits per heavy atom. The number of ether oxygens (including phenoxy) is 2. The van der Waals surface area contributed by atoms with Crippen molar-refractivity contribution in [3.63, 3.8) is 0 Å². The van der Waals surface area contributed by atoms with Crippen molar-refractivity contribution in [3.8, 4) is 0 Å². The normalized spacial score (nSPS) is 21.6. The zero-order valence-corrected chi connectivity index (χ0v) is 11.1. The minimum absolute atomic E-state index is 0.401. The van der Waals surface area contributed by atoms with Crippen LogP contribution in [0.5, 0.6) is 0 Å². The molecular weight excluding hydrogens is 252 g/mol. The predicted octanol–water partition coefficient (Wildman–Crippen LogP) is 3.47. The molecule has 0 unspecified atom stereocenters. The lowest BCUT2D eigenvalue weighted by Gasteiger charge is -2.34. The highest BCUT2D eigenvalue weighted by molar-refractivity contribution is 5.91. The van der Waals surface area contributed by atoms with E-state index in [1.165, 1.54) is 6.08 Å². The van der Waals surface area contributed by atoms with Gasteiger partial charge < -0.3 is 9.47 Å². The molecule has 1 aliphatic heterocycles. The molecule has 1 aliphatic rings. The third-order valence-electron chi connectivity index (χ3n) is 3.21. The first-order valence-electron chi connectivity index (χ1n) is 6.42. The molecule has 0 N–H and O–H groups in total. The lowest BCUT2D eigenvalue weighted by Crippen LogP contribution is -2.34. The van der Waals surface area contributed by atoms with E-state index in [1.807, 2.05) is 60.7 Å². The maximum Gasteiger partial charge on any atom is 0.338 e. The van der Waals surface area contributed by atoms with Crippen LogP contribution >= 0.6 is 0 Å². The van der Waals surface area contributed by atoms with E-state index in [0.29, 0.717) is 5.76 Å². The third-order valence-corrected chi connectivity index (χ3v) is 3.21. The van der Waals surface area contributed by atoms with Crippen molar-refractivity contribution < 1.29 is 14.3 Å². The van der Waals surface area contributed by atoms with Gasteiger partial charge in [-0.15, -0.1) is 0 Å². The molecule has 3 nitrogen and oxygen atoms in total. The maximum absolute atomic E-state index is 11.9. The van der Waals surface area contributed by atoms with Gasteiger partial charge in [-0.2, -0.15) is 0 Å². The average molecular weight is 266 g/mol. The molecule has 2 aromatic carbocycles. The molecule has 3 heteroatoms. The van der Waals surface area contributed by atoms with Gasteiger partial charge in [-0.25, -0.2) is 4.79 Å². The molecule has 20 heavy (non-hydrogen) atoms. The molecule has 0 amide bonds. The Morgan fingerprint density at radius 2 is 1.45 bits per heavy atom. The lowest BCUT2D eigenvalue weighted by molar-refractivity contribution is -0.206. The van der Waals surface area contributed by atoms with Crippen LogP contribution in [-0.2, 0) is 20.1 Å². The SMILES string of the molecule is C[C@]1(c2ccccc2)OC(=O)C=C(c2ccccc2)O1. The summed E-state index contributed by atoms with van der Waals surface area (Å²) in [6.07, 6.45) is 1.38. The standard InChI is InChI=1S/C17H14O3/c1-17(14-10-6-3-7-11-14)19-15(12-16(18)20-17)13-8-4-2-5-9-13/h2-12H,1H3/t17-/m1/s1. The average Bonchev–Trinajstić information content (AvgIpc) is 2.48. The molecule has 0 fully saturated rings. The number of carbonyl (C=O) groups excluding carboxylic acids is 1. The Balaban J connectivity index is 1.99. The second-order valence-electron chi connectivity index (χ2n) is 4.71. The van der Waals surface area contributed by atoms with Gasteiger partial charge >= 0.3 is 5.97 Å². The fraction of sp³-hybridized carbons (Fsp3) is 0.118. The number of carbonyl (C=O) groups is 1. The van der Waals surface area contributed by atoms with Crippen LogP contribution in [0.4, 0.5) is 0 Å². The zero-order chi connectivity index (χ0) is 14.0. The van der Waals surface area contributed by atoms with E-state index in [4.69, 9.17) is 9.47 Å². The second kappa shape index (κ2) is 4.85. The summed E-state index contributed by atoms with van der Waals surface area (Å²) >= 11 is 0. The molecule has 1 atom stereocenters. The molecule has 0 saturated carbocycles. The summed E-state index contributed by atoms with van der Waals surface area (Å²) in [6.45, 7) is 1.75. The molecule has 0 aromatic heterocycles. The number of rotatable bonds is 2. The first-order chi connectivity index (χ1) is 9.67. The summed E-state index contributed by atoms with van der Waals surface area (Å²) in [7, 11) is 0. The fourth-order valence-electron chi connectivity index (χ4n) is 2.19. The Hall–Kier alpha value is -2.55. The van der Waals surface area contributed by atoms with Crippen molar-refractivity contribution >= 4 is 11.7 Å². The van der Waals surface area contributed by atoms with E-state index >= 15 is 0 Å². The number of benzene rings is 2. The molecule has 1 heterocycles. The van der Waals surface area contributed by atoms with Crippen molar-refractivity contribution in [1.82, 2.24) is 0 Å². The highest BCUT2D eigenvalue weighted by Gasteiger charge is 2.37. The molecule has 0 spiro atoms. The summed E-state index contributed by atoms with van der Waals surface area (Å²) in [5, 5.41) is 0. The third kappa shape index (κ3) is 2.30. The maximum atomic E-state index is 11.9. The van der Waals surface area contributed by atoms with Crippen LogP contribution < -0.4 is 0 Å². The summed E-state index contributed by atoms with van der Waals surface area (Å²) < 4.78 is 11.3. The molecule has 0 bridgehead atoms. The van der Waals surface area contributed by atoms with Gasteiger partial charge in [0.2, 0.25) is 0 Å². The van der Waals surface area contributed by atoms with E-state index in [0.717, 1.165) is 11.1 Å². The number of hydrogen-bond donors (Lipinski definition) is 0. The van der Waals surface area contributed by atoms with Crippen molar-refractivity contribution in [2.45, 2.75) is 12.7 Å². The van der Waals surface area contributed by atoms with Gasteiger partial charge in [0.1, 0.15) is 5.76 Å². The quantitative estimate of drug-likeness (QED) is 0.781. The van der Waals surface area contributed by atoms with E-state index in [1.54, 1.807) is 6.92 Å². The van der Waals surface area contributed by atoms with Crippen molar-refractivity contribution in [2.24, 2.45) is 0 Å². The molecule has 0 saturated heterocycles. The van der Waals surface area contributed by atoms with Gasteiger partial charge in [-0.3, -0.25) is 0 Å². The minimum Gasteiger partial charge on any atom is -0.447 e. The smallest absolute Gasteiger partial charge is 0.338 e. The fourth-order valence-corrected chi connectivity index (χ4v) is 2.19. The van der Waals surface area contributed by atoms with Crippen LogP contribution in [0.25, 0.3) is 5.76 Å². The largest absolute Gasteiger partial charge is 0.447 e. The lowest BCUT2D eigenvalue weighted by atomic mass is 10.1. The number of hydrogen-bond acceptors (Lipinski definition) is 3. The number of esters is 1. The molecule has 0 aliphatic carbocycles. The van der Waals surface area contributed by atoms with Gasteiger partial charge in [0.15, 0.2) is 0 Å².